The normalized spacial score (nSPS) is 10.7. The van der Waals surface area contributed by atoms with Gasteiger partial charge in [0, 0.05) is 13.1 Å². The second-order valence-electron chi connectivity index (χ2n) is 6.02. The van der Waals surface area contributed by atoms with Crippen molar-refractivity contribution < 1.29 is 18.3 Å². The van der Waals surface area contributed by atoms with Crippen LogP contribution >= 0.6 is 11.8 Å². The summed E-state index contributed by atoms with van der Waals surface area (Å²) in [6.07, 6.45) is 0. The van der Waals surface area contributed by atoms with Crippen molar-refractivity contribution >= 4 is 23.4 Å². The molecule has 0 fully saturated rings. The molecule has 1 aromatic heterocycles. The second kappa shape index (κ2) is 8.83. The van der Waals surface area contributed by atoms with Crippen LogP contribution in [0.15, 0.2) is 47.6 Å². The Hall–Kier alpha value is -2.94. The van der Waals surface area contributed by atoms with E-state index in [1.165, 1.54) is 6.07 Å². The van der Waals surface area contributed by atoms with E-state index in [0.29, 0.717) is 17.0 Å². The van der Waals surface area contributed by atoms with Crippen molar-refractivity contribution in [3.63, 3.8) is 0 Å². The van der Waals surface area contributed by atoms with Crippen molar-refractivity contribution in [2.45, 2.75) is 18.7 Å². The molecule has 0 aliphatic rings. The minimum Gasteiger partial charge on any atom is -0.486 e. The number of benzene rings is 2. The first-order valence-electron chi connectivity index (χ1n) is 8.38. The Labute approximate surface area is 164 Å². The lowest BCUT2D eigenvalue weighted by Crippen LogP contribution is -2.15. The largest absolute Gasteiger partial charge is 0.486 e. The minimum absolute atomic E-state index is 0.00151. The quantitative estimate of drug-likeness (QED) is 0.608. The number of halogens is 2. The number of ether oxygens (including phenoxy) is 1. The number of aryl methyl sites for hydroxylation is 1. The lowest BCUT2D eigenvalue weighted by Gasteiger charge is -2.08. The Morgan fingerprint density at radius 1 is 1.21 bits per heavy atom. The summed E-state index contributed by atoms with van der Waals surface area (Å²) in [4.78, 5) is 12.0. The van der Waals surface area contributed by atoms with E-state index in [2.05, 4.69) is 15.5 Å². The smallest absolute Gasteiger partial charge is 0.234 e. The van der Waals surface area contributed by atoms with Gasteiger partial charge in [0.05, 0.1) is 11.4 Å². The topological polar surface area (TPSA) is 69.0 Å². The lowest BCUT2D eigenvalue weighted by atomic mass is 10.2. The van der Waals surface area contributed by atoms with Crippen molar-refractivity contribution in [1.82, 2.24) is 14.8 Å². The van der Waals surface area contributed by atoms with Gasteiger partial charge in [-0.05, 0) is 36.8 Å². The van der Waals surface area contributed by atoms with Crippen LogP contribution in [-0.4, -0.2) is 26.4 Å². The number of hydrogen-bond donors (Lipinski definition) is 1. The highest BCUT2D eigenvalue weighted by atomic mass is 32.2. The van der Waals surface area contributed by atoms with Crippen LogP contribution in [0.1, 0.15) is 11.4 Å². The van der Waals surface area contributed by atoms with Crippen LogP contribution in [0.4, 0.5) is 14.5 Å². The van der Waals surface area contributed by atoms with E-state index in [4.69, 9.17) is 4.74 Å². The van der Waals surface area contributed by atoms with Crippen LogP contribution in [0.5, 0.6) is 5.75 Å². The van der Waals surface area contributed by atoms with Gasteiger partial charge in [-0.25, -0.2) is 8.78 Å². The molecule has 1 N–H and O–H groups in total. The number of nitrogens with zero attached hydrogens (tertiary/aromatic N) is 3. The Kier molecular flexibility index (Phi) is 6.25. The number of nitrogens with one attached hydrogen (secondary N) is 1. The fourth-order valence-electron chi connectivity index (χ4n) is 2.36. The number of thioether (sulfide) groups is 1. The summed E-state index contributed by atoms with van der Waals surface area (Å²) in [5, 5.41) is 11.0. The van der Waals surface area contributed by atoms with Gasteiger partial charge < -0.3 is 14.6 Å². The highest BCUT2D eigenvalue weighted by Gasteiger charge is 2.13. The zero-order chi connectivity index (χ0) is 20.1. The predicted molar refractivity (Wildman–Crippen MR) is 102 cm³/mol. The molecule has 0 radical (unpaired) electrons. The van der Waals surface area contributed by atoms with Crippen LogP contribution in [0.3, 0.4) is 0 Å². The van der Waals surface area contributed by atoms with Gasteiger partial charge in [-0.15, -0.1) is 10.2 Å². The Bertz CT molecular complexity index is 994. The van der Waals surface area contributed by atoms with Crippen molar-refractivity contribution in [3.05, 3.63) is 65.5 Å². The third-order valence-electron chi connectivity index (χ3n) is 3.82. The van der Waals surface area contributed by atoms with E-state index in [9.17, 15) is 13.6 Å². The van der Waals surface area contributed by atoms with Gasteiger partial charge in [0.2, 0.25) is 5.91 Å². The molecule has 0 saturated carbocycles. The first-order chi connectivity index (χ1) is 13.4. The molecule has 1 heterocycles. The molecule has 1 amide bonds. The summed E-state index contributed by atoms with van der Waals surface area (Å²) in [5.41, 5.74) is 1.02. The molecular formula is C19H18F2N4O2S. The summed E-state index contributed by atoms with van der Waals surface area (Å²) in [5.74, 6) is -0.624. The summed E-state index contributed by atoms with van der Waals surface area (Å²) < 4.78 is 33.9. The average molecular weight is 404 g/mol. The third kappa shape index (κ3) is 5.07. The predicted octanol–water partition coefficient (Wildman–Crippen LogP) is 3.71. The molecule has 3 aromatic rings. The molecule has 0 unspecified atom stereocenters. The number of carbonyl (C=O) groups excluding carboxylic acids is 1. The molecule has 0 aliphatic heterocycles. The van der Waals surface area contributed by atoms with Crippen LogP contribution < -0.4 is 10.1 Å². The first-order valence-corrected chi connectivity index (χ1v) is 9.36. The molecule has 0 saturated heterocycles. The van der Waals surface area contributed by atoms with Gasteiger partial charge in [0.15, 0.2) is 11.0 Å². The molecule has 6 nitrogen and oxygen atoms in total. The molecule has 2 aromatic carbocycles. The molecular weight excluding hydrogens is 386 g/mol. The van der Waals surface area contributed by atoms with E-state index in [1.807, 2.05) is 31.2 Å². The Morgan fingerprint density at radius 3 is 2.79 bits per heavy atom. The minimum atomic E-state index is -0.826. The number of carbonyl (C=O) groups is 1. The highest BCUT2D eigenvalue weighted by molar-refractivity contribution is 7.99. The monoisotopic (exact) mass is 404 g/mol. The maximum absolute atomic E-state index is 13.6. The fraction of sp³-hybridized carbons (Fsp3) is 0.211. The van der Waals surface area contributed by atoms with E-state index in [1.54, 1.807) is 11.6 Å². The SMILES string of the molecule is Cc1cccc(OCc2nnc(SCC(=O)Nc3ccc(F)cc3F)n2C)c1. The number of amides is 1. The Balaban J connectivity index is 1.54. The van der Waals surface area contributed by atoms with E-state index in [0.717, 1.165) is 29.1 Å². The molecule has 0 aliphatic carbocycles. The van der Waals surface area contributed by atoms with Crippen LogP contribution in [0.25, 0.3) is 0 Å². The van der Waals surface area contributed by atoms with Gasteiger partial charge in [-0.3, -0.25) is 4.79 Å². The first kappa shape index (κ1) is 19.8. The molecule has 0 atom stereocenters. The number of hydrogen-bond acceptors (Lipinski definition) is 5. The molecule has 0 bridgehead atoms. The zero-order valence-electron chi connectivity index (χ0n) is 15.3. The van der Waals surface area contributed by atoms with E-state index >= 15 is 0 Å². The van der Waals surface area contributed by atoms with Crippen LogP contribution in [0, 0.1) is 18.6 Å². The van der Waals surface area contributed by atoms with Gasteiger partial charge in [0.25, 0.3) is 0 Å². The number of rotatable bonds is 7. The molecule has 3 rings (SSSR count). The summed E-state index contributed by atoms with van der Waals surface area (Å²) in [7, 11) is 1.77. The second-order valence-corrected chi connectivity index (χ2v) is 6.97. The zero-order valence-corrected chi connectivity index (χ0v) is 16.1. The maximum Gasteiger partial charge on any atom is 0.234 e. The van der Waals surface area contributed by atoms with Crippen LogP contribution in [0.2, 0.25) is 0 Å². The maximum atomic E-state index is 13.6. The molecule has 146 valence electrons. The van der Waals surface area contributed by atoms with Crippen molar-refractivity contribution in [1.29, 1.82) is 0 Å². The fourth-order valence-corrected chi connectivity index (χ4v) is 3.09. The summed E-state index contributed by atoms with van der Waals surface area (Å²) >= 11 is 1.15. The van der Waals surface area contributed by atoms with Crippen molar-refractivity contribution in [2.75, 3.05) is 11.1 Å². The molecule has 0 spiro atoms. The molecule has 9 heteroatoms. The van der Waals surface area contributed by atoms with Crippen molar-refractivity contribution in [2.24, 2.45) is 7.05 Å². The van der Waals surface area contributed by atoms with Gasteiger partial charge in [-0.1, -0.05) is 23.9 Å². The highest BCUT2D eigenvalue weighted by Crippen LogP contribution is 2.19. The number of aromatic nitrogens is 3. The van der Waals surface area contributed by atoms with Gasteiger partial charge in [0.1, 0.15) is 24.0 Å². The van der Waals surface area contributed by atoms with Gasteiger partial charge in [-0.2, -0.15) is 0 Å². The van der Waals surface area contributed by atoms with E-state index in [-0.39, 0.29) is 18.0 Å². The lowest BCUT2D eigenvalue weighted by molar-refractivity contribution is -0.113. The average Bonchev–Trinajstić information content (AvgIpc) is 3.00. The summed E-state index contributed by atoms with van der Waals surface area (Å²) in [6.45, 7) is 2.22. The van der Waals surface area contributed by atoms with Crippen molar-refractivity contribution in [3.8, 4) is 5.75 Å². The summed E-state index contributed by atoms with van der Waals surface area (Å²) in [6, 6.07) is 10.6. The van der Waals surface area contributed by atoms with Crippen LogP contribution in [-0.2, 0) is 18.4 Å². The standard InChI is InChI=1S/C19H18F2N4O2S/c1-12-4-3-5-14(8-12)27-10-17-23-24-19(25(17)2)28-11-18(26)22-16-7-6-13(20)9-15(16)21/h3-9H,10-11H2,1-2H3,(H,22,26). The molecule has 28 heavy (non-hydrogen) atoms. The van der Waals surface area contributed by atoms with Gasteiger partial charge >= 0.3 is 0 Å². The van der Waals surface area contributed by atoms with E-state index < -0.39 is 17.5 Å². The number of anilines is 1. The Morgan fingerprint density at radius 2 is 2.04 bits per heavy atom. The third-order valence-corrected chi connectivity index (χ3v) is 4.84.